The van der Waals surface area contributed by atoms with Gasteiger partial charge in [0.1, 0.15) is 5.69 Å². The van der Waals surface area contributed by atoms with Gasteiger partial charge in [0, 0.05) is 37.1 Å². The number of piperidine rings is 1. The lowest BCUT2D eigenvalue weighted by Gasteiger charge is -2.33. The molecule has 180 valence electrons. The van der Waals surface area contributed by atoms with Crippen molar-refractivity contribution in [1.29, 1.82) is 0 Å². The Labute approximate surface area is 199 Å². The molecule has 1 atom stereocenters. The number of nitrogens with one attached hydrogen (secondary N) is 2. The lowest BCUT2D eigenvalue weighted by atomic mass is 10.1. The number of H-pyrrole nitrogens is 1. The summed E-state index contributed by atoms with van der Waals surface area (Å²) in [7, 11) is 6.41. The van der Waals surface area contributed by atoms with Crippen LogP contribution in [-0.4, -0.2) is 63.7 Å². The van der Waals surface area contributed by atoms with Crippen LogP contribution < -0.4 is 24.4 Å². The number of methoxy groups -OCH3 is 4. The van der Waals surface area contributed by atoms with Crippen molar-refractivity contribution in [2.75, 3.05) is 51.7 Å². The molecule has 34 heavy (non-hydrogen) atoms. The van der Waals surface area contributed by atoms with Crippen molar-refractivity contribution in [1.82, 2.24) is 10.2 Å². The molecule has 9 nitrogen and oxygen atoms in total. The number of amides is 1. The molecule has 0 spiro atoms. The number of anilines is 2. The summed E-state index contributed by atoms with van der Waals surface area (Å²) in [5, 5.41) is 10.0. The van der Waals surface area contributed by atoms with Crippen LogP contribution in [0.25, 0.3) is 11.3 Å². The first-order chi connectivity index (χ1) is 16.6. The van der Waals surface area contributed by atoms with Crippen LogP contribution in [0.5, 0.6) is 17.2 Å². The molecule has 2 N–H and O–H groups in total. The predicted octanol–water partition coefficient (Wildman–Crippen LogP) is 3.97. The first kappa shape index (κ1) is 23.4. The second-order valence-electron chi connectivity index (χ2n) is 8.03. The van der Waals surface area contributed by atoms with Crippen LogP contribution in [-0.2, 0) is 4.74 Å². The molecular formula is C25H30N4O5. The Morgan fingerprint density at radius 3 is 2.35 bits per heavy atom. The average Bonchev–Trinajstić information content (AvgIpc) is 3.39. The van der Waals surface area contributed by atoms with E-state index in [2.05, 4.69) is 20.4 Å². The van der Waals surface area contributed by atoms with E-state index in [1.54, 1.807) is 46.6 Å². The van der Waals surface area contributed by atoms with Gasteiger partial charge in [-0.25, -0.2) is 0 Å². The fourth-order valence-corrected chi connectivity index (χ4v) is 4.13. The van der Waals surface area contributed by atoms with Crippen LogP contribution in [0.1, 0.15) is 23.3 Å². The number of carbonyl (C=O) groups is 1. The predicted molar refractivity (Wildman–Crippen MR) is 130 cm³/mol. The third-order valence-electron chi connectivity index (χ3n) is 5.98. The molecule has 1 aliphatic heterocycles. The highest BCUT2D eigenvalue weighted by Crippen LogP contribution is 2.40. The van der Waals surface area contributed by atoms with Gasteiger partial charge in [0.2, 0.25) is 5.75 Å². The Hall–Kier alpha value is -3.72. The van der Waals surface area contributed by atoms with E-state index in [9.17, 15) is 4.79 Å². The van der Waals surface area contributed by atoms with Crippen molar-refractivity contribution in [2.45, 2.75) is 18.9 Å². The van der Waals surface area contributed by atoms with Crippen molar-refractivity contribution in [2.24, 2.45) is 0 Å². The molecule has 9 heteroatoms. The fourth-order valence-electron chi connectivity index (χ4n) is 4.13. The van der Waals surface area contributed by atoms with Crippen LogP contribution >= 0.6 is 0 Å². The maximum absolute atomic E-state index is 12.8. The molecule has 1 saturated heterocycles. The highest BCUT2D eigenvalue weighted by atomic mass is 16.5. The van der Waals surface area contributed by atoms with E-state index in [4.69, 9.17) is 18.9 Å². The quantitative estimate of drug-likeness (QED) is 0.518. The number of carbonyl (C=O) groups excluding carboxylic acids is 1. The molecular weight excluding hydrogens is 436 g/mol. The van der Waals surface area contributed by atoms with Crippen LogP contribution in [0, 0.1) is 0 Å². The van der Waals surface area contributed by atoms with Gasteiger partial charge in [-0.15, -0.1) is 0 Å². The Bertz CT molecular complexity index is 1100. The fraction of sp³-hybridized carbons (Fsp3) is 0.360. The van der Waals surface area contributed by atoms with Crippen molar-refractivity contribution >= 4 is 17.3 Å². The zero-order valence-corrected chi connectivity index (χ0v) is 19.9. The largest absolute Gasteiger partial charge is 0.493 e. The van der Waals surface area contributed by atoms with E-state index < -0.39 is 0 Å². The molecule has 1 amide bonds. The second-order valence-corrected chi connectivity index (χ2v) is 8.03. The first-order valence-electron chi connectivity index (χ1n) is 11.1. The molecule has 0 bridgehead atoms. The number of aromatic nitrogens is 2. The monoisotopic (exact) mass is 466 g/mol. The van der Waals surface area contributed by atoms with Gasteiger partial charge in [-0.2, -0.15) is 5.10 Å². The van der Waals surface area contributed by atoms with Gasteiger partial charge in [-0.05, 0) is 55.3 Å². The molecule has 1 aromatic heterocycles. The molecule has 0 radical (unpaired) electrons. The third-order valence-corrected chi connectivity index (χ3v) is 5.98. The Morgan fingerprint density at radius 1 is 1.03 bits per heavy atom. The number of aromatic amines is 1. The number of ether oxygens (including phenoxy) is 4. The van der Waals surface area contributed by atoms with E-state index >= 15 is 0 Å². The minimum absolute atomic E-state index is 0.258. The normalized spacial score (nSPS) is 15.6. The number of hydrogen-bond acceptors (Lipinski definition) is 7. The van der Waals surface area contributed by atoms with E-state index in [1.165, 1.54) is 0 Å². The van der Waals surface area contributed by atoms with Gasteiger partial charge in [0.25, 0.3) is 5.91 Å². The smallest absolute Gasteiger partial charge is 0.273 e. The number of nitrogens with zero attached hydrogens (tertiary/aromatic N) is 2. The molecule has 1 aliphatic rings. The Morgan fingerprint density at radius 2 is 1.74 bits per heavy atom. The van der Waals surface area contributed by atoms with Crippen molar-refractivity contribution in [3.63, 3.8) is 0 Å². The van der Waals surface area contributed by atoms with Crippen LogP contribution in [0.3, 0.4) is 0 Å². The highest BCUT2D eigenvalue weighted by molar-refractivity contribution is 6.03. The minimum atomic E-state index is -0.281. The average molecular weight is 467 g/mol. The van der Waals surface area contributed by atoms with Crippen molar-refractivity contribution in [3.8, 4) is 28.5 Å². The Balaban J connectivity index is 1.46. The molecule has 4 rings (SSSR count). The summed E-state index contributed by atoms with van der Waals surface area (Å²) in [6.45, 7) is 1.88. The number of rotatable bonds is 8. The van der Waals surface area contributed by atoms with Gasteiger partial charge >= 0.3 is 0 Å². The van der Waals surface area contributed by atoms with E-state index in [0.717, 1.165) is 37.2 Å². The van der Waals surface area contributed by atoms with Gasteiger partial charge < -0.3 is 29.2 Å². The summed E-state index contributed by atoms with van der Waals surface area (Å²) >= 11 is 0. The topological polar surface area (TPSA) is 97.9 Å². The summed E-state index contributed by atoms with van der Waals surface area (Å²) in [5.41, 5.74) is 3.47. The van der Waals surface area contributed by atoms with E-state index in [-0.39, 0.29) is 12.0 Å². The summed E-state index contributed by atoms with van der Waals surface area (Å²) in [4.78, 5) is 15.1. The molecule has 1 fully saturated rings. The van der Waals surface area contributed by atoms with Crippen molar-refractivity contribution in [3.05, 3.63) is 48.2 Å². The molecule has 1 unspecified atom stereocenters. The highest BCUT2D eigenvalue weighted by Gasteiger charge is 2.20. The SMILES string of the molecule is COc1cc(-c2cc(C(=O)Nc3ccc(N4CCCC(OC)C4)cc3)[nH]n2)cc(OC)c1OC. The zero-order chi connectivity index (χ0) is 24.1. The zero-order valence-electron chi connectivity index (χ0n) is 19.9. The number of benzene rings is 2. The minimum Gasteiger partial charge on any atom is -0.493 e. The molecule has 0 aliphatic carbocycles. The lowest BCUT2D eigenvalue weighted by Crippen LogP contribution is -2.39. The van der Waals surface area contributed by atoms with Gasteiger partial charge in [-0.3, -0.25) is 9.89 Å². The van der Waals surface area contributed by atoms with Gasteiger partial charge in [0.05, 0.1) is 33.1 Å². The first-order valence-corrected chi connectivity index (χ1v) is 11.1. The van der Waals surface area contributed by atoms with Crippen molar-refractivity contribution < 1.29 is 23.7 Å². The molecule has 0 saturated carbocycles. The third kappa shape index (κ3) is 4.94. The van der Waals surface area contributed by atoms with Gasteiger partial charge in [0.15, 0.2) is 11.5 Å². The number of hydrogen-bond donors (Lipinski definition) is 2. The van der Waals surface area contributed by atoms with Gasteiger partial charge in [-0.1, -0.05) is 0 Å². The summed E-state index contributed by atoms with van der Waals surface area (Å²) in [5.74, 6) is 1.23. The molecule has 2 aromatic carbocycles. The maximum atomic E-state index is 12.8. The van der Waals surface area contributed by atoms with E-state index in [1.807, 2.05) is 24.3 Å². The molecule has 3 aromatic rings. The van der Waals surface area contributed by atoms with Crippen LogP contribution in [0.15, 0.2) is 42.5 Å². The standard InChI is InChI=1S/C25H30N4O5/c1-31-19-6-5-11-29(15-19)18-9-7-17(8-10-18)26-25(30)21-14-20(27-28-21)16-12-22(32-2)24(34-4)23(13-16)33-3/h7-10,12-14,19H,5-6,11,15H2,1-4H3,(H,26,30)(H,27,28). The maximum Gasteiger partial charge on any atom is 0.273 e. The summed E-state index contributed by atoms with van der Waals surface area (Å²) < 4.78 is 21.7. The summed E-state index contributed by atoms with van der Waals surface area (Å²) in [6, 6.07) is 13.1. The van der Waals surface area contributed by atoms with Crippen LogP contribution in [0.2, 0.25) is 0 Å². The molecule has 2 heterocycles. The Kier molecular flexibility index (Phi) is 7.22. The second kappa shape index (κ2) is 10.5. The summed E-state index contributed by atoms with van der Waals surface area (Å²) in [6.07, 6.45) is 2.45. The lowest BCUT2D eigenvalue weighted by molar-refractivity contribution is 0.0893. The van der Waals surface area contributed by atoms with Crippen LogP contribution in [0.4, 0.5) is 11.4 Å². The van der Waals surface area contributed by atoms with E-state index in [0.29, 0.717) is 34.3 Å².